The predicted molar refractivity (Wildman–Crippen MR) is 69.3 cm³/mol. The second-order valence-corrected chi connectivity index (χ2v) is 5.96. The summed E-state index contributed by atoms with van der Waals surface area (Å²) in [4.78, 5) is 24.6. The predicted octanol–water partition coefficient (Wildman–Crippen LogP) is 1.38. The molecule has 1 fully saturated rings. The smallest absolute Gasteiger partial charge is 0.225 e. The van der Waals surface area contributed by atoms with Gasteiger partial charge in [-0.05, 0) is 36.3 Å². The van der Waals surface area contributed by atoms with Crippen LogP contribution in [0.5, 0.6) is 0 Å². The number of amides is 2. The molecule has 2 amide bonds. The second-order valence-electron chi connectivity index (χ2n) is 4.96. The molecule has 1 aromatic rings. The number of carbonyl (C=O) groups excluding carboxylic acids is 2. The summed E-state index contributed by atoms with van der Waals surface area (Å²) in [5, 5.41) is 7.90. The van der Waals surface area contributed by atoms with Crippen LogP contribution in [-0.4, -0.2) is 18.4 Å². The number of hydrogen-bond acceptors (Lipinski definition) is 3. The molecule has 1 saturated heterocycles. The molecule has 1 aromatic heterocycles. The Labute approximate surface area is 110 Å². The van der Waals surface area contributed by atoms with Crippen LogP contribution < -0.4 is 10.6 Å². The van der Waals surface area contributed by atoms with Crippen molar-refractivity contribution in [2.75, 3.05) is 6.54 Å². The Kier molecular flexibility index (Phi) is 3.07. The van der Waals surface area contributed by atoms with Gasteiger partial charge in [0.1, 0.15) is 0 Å². The third-order valence-corrected chi connectivity index (χ3v) is 4.71. The fraction of sp³-hybridized carbons (Fsp3) is 0.538. The van der Waals surface area contributed by atoms with Gasteiger partial charge in [0.2, 0.25) is 11.8 Å². The summed E-state index contributed by atoms with van der Waals surface area (Å²) in [7, 11) is 0. The minimum Gasteiger partial charge on any atom is -0.355 e. The highest BCUT2D eigenvalue weighted by Gasteiger charge is 2.30. The molecule has 3 rings (SSSR count). The van der Waals surface area contributed by atoms with Crippen molar-refractivity contribution >= 4 is 23.2 Å². The standard InChI is InChI=1S/C13H16N2O2S/c16-12-6-8(7-14-12)13(17)15-10-2-1-3-11-9(10)4-5-18-11/h4-5,8,10H,1-3,6-7H2,(H,14,16)(H,15,17). The molecule has 2 N–H and O–H groups in total. The molecule has 96 valence electrons. The lowest BCUT2D eigenvalue weighted by molar-refractivity contribution is -0.127. The van der Waals surface area contributed by atoms with Gasteiger partial charge in [-0.3, -0.25) is 9.59 Å². The third kappa shape index (κ3) is 2.14. The summed E-state index contributed by atoms with van der Waals surface area (Å²) in [6.07, 6.45) is 3.59. The highest BCUT2D eigenvalue weighted by molar-refractivity contribution is 7.10. The van der Waals surface area contributed by atoms with Crippen molar-refractivity contribution in [3.63, 3.8) is 0 Å². The normalized spacial score (nSPS) is 26.6. The summed E-state index contributed by atoms with van der Waals surface area (Å²) < 4.78 is 0. The molecule has 18 heavy (non-hydrogen) atoms. The number of thiophene rings is 1. The van der Waals surface area contributed by atoms with E-state index < -0.39 is 0 Å². The molecule has 1 aliphatic carbocycles. The van der Waals surface area contributed by atoms with Crippen molar-refractivity contribution in [1.82, 2.24) is 10.6 Å². The van der Waals surface area contributed by atoms with E-state index in [1.807, 2.05) is 0 Å². The zero-order valence-corrected chi connectivity index (χ0v) is 10.9. The number of hydrogen-bond donors (Lipinski definition) is 2. The molecular weight excluding hydrogens is 248 g/mol. The minimum absolute atomic E-state index is 0.0115. The van der Waals surface area contributed by atoms with E-state index in [-0.39, 0.29) is 23.8 Å². The third-order valence-electron chi connectivity index (χ3n) is 3.72. The first-order valence-corrected chi connectivity index (χ1v) is 7.25. The van der Waals surface area contributed by atoms with Gasteiger partial charge in [-0.1, -0.05) is 0 Å². The fourth-order valence-corrected chi connectivity index (χ4v) is 3.70. The lowest BCUT2D eigenvalue weighted by Gasteiger charge is -2.24. The molecular formula is C13H16N2O2S. The quantitative estimate of drug-likeness (QED) is 0.848. The molecule has 0 spiro atoms. The van der Waals surface area contributed by atoms with Gasteiger partial charge in [0.15, 0.2) is 0 Å². The monoisotopic (exact) mass is 264 g/mol. The highest BCUT2D eigenvalue weighted by Crippen LogP contribution is 2.33. The zero-order chi connectivity index (χ0) is 12.5. The maximum Gasteiger partial charge on any atom is 0.225 e. The maximum absolute atomic E-state index is 12.1. The van der Waals surface area contributed by atoms with Crippen LogP contribution >= 0.6 is 11.3 Å². The summed E-state index contributed by atoms with van der Waals surface area (Å²) in [6.45, 7) is 0.480. The van der Waals surface area contributed by atoms with Crippen LogP contribution in [0.3, 0.4) is 0 Å². The van der Waals surface area contributed by atoms with Gasteiger partial charge >= 0.3 is 0 Å². The number of aryl methyl sites for hydroxylation is 1. The van der Waals surface area contributed by atoms with Crippen molar-refractivity contribution in [1.29, 1.82) is 0 Å². The minimum atomic E-state index is -0.193. The molecule has 4 nitrogen and oxygen atoms in total. The van der Waals surface area contributed by atoms with Crippen molar-refractivity contribution in [3.05, 3.63) is 21.9 Å². The average Bonchev–Trinajstić information content (AvgIpc) is 2.97. The first kappa shape index (κ1) is 11.7. The fourth-order valence-electron chi connectivity index (χ4n) is 2.72. The molecule has 2 aliphatic rings. The number of fused-ring (bicyclic) bond motifs is 1. The lowest BCUT2D eigenvalue weighted by atomic mass is 9.93. The van der Waals surface area contributed by atoms with Gasteiger partial charge in [0.25, 0.3) is 0 Å². The summed E-state index contributed by atoms with van der Waals surface area (Å²) in [6, 6.07) is 2.26. The van der Waals surface area contributed by atoms with Crippen molar-refractivity contribution in [2.45, 2.75) is 31.7 Å². The number of carbonyl (C=O) groups is 2. The van der Waals surface area contributed by atoms with Gasteiger partial charge in [-0.15, -0.1) is 11.3 Å². The molecule has 0 aromatic carbocycles. The van der Waals surface area contributed by atoms with E-state index in [9.17, 15) is 9.59 Å². The van der Waals surface area contributed by atoms with Gasteiger partial charge in [0, 0.05) is 17.8 Å². The van der Waals surface area contributed by atoms with Crippen molar-refractivity contribution in [2.24, 2.45) is 5.92 Å². The first-order chi connectivity index (χ1) is 8.74. The zero-order valence-electron chi connectivity index (χ0n) is 10.1. The van der Waals surface area contributed by atoms with E-state index >= 15 is 0 Å². The molecule has 2 unspecified atom stereocenters. The van der Waals surface area contributed by atoms with E-state index in [4.69, 9.17) is 0 Å². The van der Waals surface area contributed by atoms with Crippen LogP contribution in [0.4, 0.5) is 0 Å². The van der Waals surface area contributed by atoms with Gasteiger partial charge in [-0.2, -0.15) is 0 Å². The molecule has 0 radical (unpaired) electrons. The Morgan fingerprint density at radius 3 is 3.17 bits per heavy atom. The van der Waals surface area contributed by atoms with Gasteiger partial charge < -0.3 is 10.6 Å². The van der Waals surface area contributed by atoms with E-state index in [0.29, 0.717) is 13.0 Å². The SMILES string of the molecule is O=C1CC(C(=O)NC2CCCc3sccc32)CN1. The summed E-state index contributed by atoms with van der Waals surface area (Å²) >= 11 is 1.77. The van der Waals surface area contributed by atoms with E-state index in [2.05, 4.69) is 22.1 Å². The highest BCUT2D eigenvalue weighted by atomic mass is 32.1. The van der Waals surface area contributed by atoms with Crippen LogP contribution in [0.25, 0.3) is 0 Å². The van der Waals surface area contributed by atoms with Crippen LogP contribution in [-0.2, 0) is 16.0 Å². The van der Waals surface area contributed by atoms with Crippen LogP contribution in [0, 0.1) is 5.92 Å². The molecule has 1 aliphatic heterocycles. The van der Waals surface area contributed by atoms with E-state index in [1.54, 1.807) is 11.3 Å². The van der Waals surface area contributed by atoms with Crippen LogP contribution in [0.1, 0.15) is 35.7 Å². The van der Waals surface area contributed by atoms with E-state index in [0.717, 1.165) is 19.3 Å². The van der Waals surface area contributed by atoms with Crippen LogP contribution in [0.15, 0.2) is 11.4 Å². The summed E-state index contributed by atoms with van der Waals surface area (Å²) in [5.74, 6) is -0.200. The Bertz CT molecular complexity index is 483. The van der Waals surface area contributed by atoms with Gasteiger partial charge in [-0.25, -0.2) is 0 Å². The molecule has 2 heterocycles. The van der Waals surface area contributed by atoms with Gasteiger partial charge in [0.05, 0.1) is 12.0 Å². The number of nitrogens with one attached hydrogen (secondary N) is 2. The Morgan fingerprint density at radius 1 is 1.50 bits per heavy atom. The Morgan fingerprint density at radius 2 is 2.39 bits per heavy atom. The largest absolute Gasteiger partial charge is 0.355 e. The van der Waals surface area contributed by atoms with Crippen molar-refractivity contribution < 1.29 is 9.59 Å². The molecule has 0 bridgehead atoms. The average molecular weight is 264 g/mol. The van der Waals surface area contributed by atoms with E-state index in [1.165, 1.54) is 10.4 Å². The Balaban J connectivity index is 1.67. The molecule has 0 saturated carbocycles. The number of rotatable bonds is 2. The van der Waals surface area contributed by atoms with Crippen LogP contribution in [0.2, 0.25) is 0 Å². The topological polar surface area (TPSA) is 58.2 Å². The van der Waals surface area contributed by atoms with Crippen molar-refractivity contribution in [3.8, 4) is 0 Å². The summed E-state index contributed by atoms with van der Waals surface area (Å²) in [5.41, 5.74) is 1.27. The lowest BCUT2D eigenvalue weighted by Crippen LogP contribution is -2.36. The Hall–Kier alpha value is -1.36. The second kappa shape index (κ2) is 4.72. The first-order valence-electron chi connectivity index (χ1n) is 6.37. The maximum atomic E-state index is 12.1. The molecule has 2 atom stereocenters. The molecule has 5 heteroatoms.